The number of ketones is 1. The summed E-state index contributed by atoms with van der Waals surface area (Å²) < 4.78 is 2.04. The van der Waals surface area contributed by atoms with E-state index in [4.69, 9.17) is 10.7 Å². The molecule has 1 aromatic heterocycles. The molecular weight excluding hydrogens is 332 g/mol. The molecule has 0 amide bonds. The van der Waals surface area contributed by atoms with Crippen LogP contribution in [0.2, 0.25) is 0 Å². The summed E-state index contributed by atoms with van der Waals surface area (Å²) in [6.07, 6.45) is 2.19. The fourth-order valence-corrected chi connectivity index (χ4v) is 4.26. The predicted octanol–water partition coefficient (Wildman–Crippen LogP) is 4.25. The van der Waals surface area contributed by atoms with Gasteiger partial charge in [0.25, 0.3) is 0 Å². The van der Waals surface area contributed by atoms with E-state index < -0.39 is 4.93 Å². The van der Waals surface area contributed by atoms with Gasteiger partial charge in [-0.1, -0.05) is 55.5 Å². The number of Topliss-reactive ketones (excluding diaryl/α,β-unsaturated/α-hetero) is 1. The second kappa shape index (κ2) is 7.44. The molecule has 0 spiro atoms. The highest BCUT2D eigenvalue weighted by Gasteiger charge is 2.38. The van der Waals surface area contributed by atoms with Crippen molar-refractivity contribution in [3.8, 4) is 0 Å². The molecule has 0 bridgehead atoms. The molecule has 2 aromatic carbocycles. The third-order valence-corrected chi connectivity index (χ3v) is 5.58. The first-order chi connectivity index (χ1) is 12.1. The van der Waals surface area contributed by atoms with Gasteiger partial charge in [0.2, 0.25) is 0 Å². The van der Waals surface area contributed by atoms with Crippen molar-refractivity contribution >= 4 is 28.4 Å². The van der Waals surface area contributed by atoms with E-state index in [0.29, 0.717) is 5.56 Å². The van der Waals surface area contributed by atoms with Crippen LogP contribution >= 0.6 is 11.8 Å². The minimum Gasteiger partial charge on any atom is -0.350 e. The van der Waals surface area contributed by atoms with Crippen LogP contribution in [0.3, 0.4) is 0 Å². The van der Waals surface area contributed by atoms with E-state index in [1.165, 1.54) is 0 Å². The van der Waals surface area contributed by atoms with Gasteiger partial charge in [0.15, 0.2) is 10.7 Å². The molecule has 3 rings (SSSR count). The summed E-state index contributed by atoms with van der Waals surface area (Å²) in [6, 6.07) is 17.4. The smallest absolute Gasteiger partial charge is 0.169 e. The lowest BCUT2D eigenvalue weighted by Gasteiger charge is -2.30. The SMILES string of the molecule is CCSC(CC(=O)c1ccccc1)(ON)c1cn(C)c2ccccc12. The molecule has 0 saturated heterocycles. The Hall–Kier alpha value is -2.08. The normalized spacial score (nSPS) is 13.7. The van der Waals surface area contributed by atoms with Crippen LogP contribution in [0.1, 0.15) is 29.3 Å². The summed E-state index contributed by atoms with van der Waals surface area (Å²) in [7, 11) is 1.99. The van der Waals surface area contributed by atoms with Crippen molar-refractivity contribution in [1.82, 2.24) is 4.57 Å². The summed E-state index contributed by atoms with van der Waals surface area (Å²) in [4.78, 5) is 17.4. The van der Waals surface area contributed by atoms with E-state index in [-0.39, 0.29) is 12.2 Å². The second-order valence-electron chi connectivity index (χ2n) is 5.94. The number of hydrogen-bond donors (Lipinski definition) is 1. The number of nitrogens with two attached hydrogens (primary N) is 1. The number of carbonyl (C=O) groups excluding carboxylic acids is 1. The molecule has 2 N–H and O–H groups in total. The minimum atomic E-state index is -0.914. The molecule has 25 heavy (non-hydrogen) atoms. The van der Waals surface area contributed by atoms with E-state index in [9.17, 15) is 4.79 Å². The van der Waals surface area contributed by atoms with E-state index in [1.807, 2.05) is 73.3 Å². The summed E-state index contributed by atoms with van der Waals surface area (Å²) in [5.41, 5.74) is 2.69. The predicted molar refractivity (Wildman–Crippen MR) is 103 cm³/mol. The molecule has 3 aromatic rings. The quantitative estimate of drug-likeness (QED) is 0.391. The number of nitrogens with zero attached hydrogens (tertiary/aromatic N) is 1. The Labute approximate surface area is 151 Å². The molecule has 1 heterocycles. The van der Waals surface area contributed by atoms with Gasteiger partial charge in [0.05, 0.1) is 6.42 Å². The second-order valence-corrected chi connectivity index (χ2v) is 7.47. The molecule has 0 saturated carbocycles. The zero-order valence-electron chi connectivity index (χ0n) is 14.4. The van der Waals surface area contributed by atoms with Crippen LogP contribution in [0.5, 0.6) is 0 Å². The van der Waals surface area contributed by atoms with Gasteiger partial charge in [0.1, 0.15) is 0 Å². The molecule has 0 aliphatic heterocycles. The summed E-state index contributed by atoms with van der Waals surface area (Å²) in [5.74, 6) is 6.56. The summed E-state index contributed by atoms with van der Waals surface area (Å²) in [5, 5.41) is 1.05. The first-order valence-corrected chi connectivity index (χ1v) is 9.24. The number of hydrogen-bond acceptors (Lipinski definition) is 4. The lowest BCUT2D eigenvalue weighted by atomic mass is 9.99. The van der Waals surface area contributed by atoms with Crippen molar-refractivity contribution in [2.24, 2.45) is 12.9 Å². The van der Waals surface area contributed by atoms with Crippen molar-refractivity contribution in [2.45, 2.75) is 18.3 Å². The standard InChI is InChI=1S/C20H22N2O2S/c1-3-25-20(24-21,13-19(23)15-9-5-4-6-10-15)17-14-22(2)18-12-8-7-11-16(17)18/h4-12,14H,3,13,21H2,1-2H3. The molecule has 1 atom stereocenters. The van der Waals surface area contributed by atoms with Crippen molar-refractivity contribution in [2.75, 3.05) is 5.75 Å². The number of aryl methyl sites for hydroxylation is 1. The van der Waals surface area contributed by atoms with Crippen LogP contribution in [0.4, 0.5) is 0 Å². The molecule has 0 aliphatic rings. The Morgan fingerprint density at radius 1 is 1.16 bits per heavy atom. The van der Waals surface area contributed by atoms with E-state index >= 15 is 0 Å². The van der Waals surface area contributed by atoms with Crippen LogP contribution in [0, 0.1) is 0 Å². The first-order valence-electron chi connectivity index (χ1n) is 8.26. The maximum absolute atomic E-state index is 12.9. The minimum absolute atomic E-state index is 0.0138. The Kier molecular flexibility index (Phi) is 5.27. The molecular formula is C20H22N2O2S. The van der Waals surface area contributed by atoms with Gasteiger partial charge < -0.3 is 4.57 Å². The fraction of sp³-hybridized carbons (Fsp3) is 0.250. The van der Waals surface area contributed by atoms with Gasteiger partial charge in [-0.15, -0.1) is 11.8 Å². The maximum atomic E-state index is 12.9. The first kappa shape index (κ1) is 17.7. The third-order valence-electron chi connectivity index (χ3n) is 4.36. The zero-order chi connectivity index (χ0) is 17.9. The molecule has 1 unspecified atom stereocenters. The topological polar surface area (TPSA) is 57.2 Å². The molecule has 0 radical (unpaired) electrons. The summed E-state index contributed by atoms with van der Waals surface area (Å²) in [6.45, 7) is 2.04. The van der Waals surface area contributed by atoms with Gasteiger partial charge in [-0.25, -0.2) is 5.90 Å². The Morgan fingerprint density at radius 3 is 2.52 bits per heavy atom. The van der Waals surface area contributed by atoms with Crippen molar-refractivity contribution in [3.63, 3.8) is 0 Å². The number of carbonyl (C=O) groups is 1. The summed E-state index contributed by atoms with van der Waals surface area (Å²) >= 11 is 1.55. The van der Waals surface area contributed by atoms with Crippen molar-refractivity contribution < 1.29 is 9.63 Å². The van der Waals surface area contributed by atoms with Gasteiger partial charge in [0, 0.05) is 35.3 Å². The molecule has 5 heteroatoms. The molecule has 0 fully saturated rings. The van der Waals surface area contributed by atoms with Crippen LogP contribution in [-0.4, -0.2) is 16.1 Å². The van der Waals surface area contributed by atoms with Crippen molar-refractivity contribution in [1.29, 1.82) is 0 Å². The van der Waals surface area contributed by atoms with Crippen LogP contribution in [0.15, 0.2) is 60.8 Å². The number of aromatic nitrogens is 1. The third kappa shape index (κ3) is 3.35. The van der Waals surface area contributed by atoms with Crippen LogP contribution in [-0.2, 0) is 16.8 Å². The van der Waals surface area contributed by atoms with Crippen LogP contribution in [0.25, 0.3) is 10.9 Å². The van der Waals surface area contributed by atoms with Gasteiger partial charge in [-0.2, -0.15) is 0 Å². The van der Waals surface area contributed by atoms with E-state index in [1.54, 1.807) is 11.8 Å². The number of thioether (sulfide) groups is 1. The number of para-hydroxylation sites is 1. The fourth-order valence-electron chi connectivity index (χ4n) is 3.18. The van der Waals surface area contributed by atoms with E-state index in [2.05, 4.69) is 6.07 Å². The number of benzene rings is 2. The van der Waals surface area contributed by atoms with Gasteiger partial charge >= 0.3 is 0 Å². The molecule has 130 valence electrons. The average molecular weight is 354 g/mol. The Morgan fingerprint density at radius 2 is 1.84 bits per heavy atom. The highest BCUT2D eigenvalue weighted by Crippen LogP contribution is 2.44. The monoisotopic (exact) mass is 354 g/mol. The number of fused-ring (bicyclic) bond motifs is 1. The largest absolute Gasteiger partial charge is 0.350 e. The lowest BCUT2D eigenvalue weighted by Crippen LogP contribution is -2.32. The average Bonchev–Trinajstić information content (AvgIpc) is 2.99. The van der Waals surface area contributed by atoms with Crippen molar-refractivity contribution in [3.05, 3.63) is 71.9 Å². The highest BCUT2D eigenvalue weighted by molar-refractivity contribution is 8.00. The van der Waals surface area contributed by atoms with Gasteiger partial charge in [-0.3, -0.25) is 9.63 Å². The number of rotatable bonds is 7. The Bertz CT molecular complexity index is 876. The molecule has 4 nitrogen and oxygen atoms in total. The zero-order valence-corrected chi connectivity index (χ0v) is 15.3. The maximum Gasteiger partial charge on any atom is 0.169 e. The molecule has 0 aliphatic carbocycles. The van der Waals surface area contributed by atoms with Crippen LogP contribution < -0.4 is 5.90 Å². The van der Waals surface area contributed by atoms with Gasteiger partial charge in [-0.05, 0) is 11.8 Å². The highest BCUT2D eigenvalue weighted by atomic mass is 32.2. The Balaban J connectivity index is 2.08. The lowest BCUT2D eigenvalue weighted by molar-refractivity contribution is 0.0178. The van der Waals surface area contributed by atoms with E-state index in [0.717, 1.165) is 22.2 Å².